The molecule has 0 aliphatic heterocycles. The normalized spacial score (nSPS) is 10.9. The van der Waals surface area contributed by atoms with Gasteiger partial charge in [-0.3, -0.25) is 0 Å². The first-order valence-corrected chi connectivity index (χ1v) is 8.05. The third-order valence-electron chi connectivity index (χ3n) is 3.10. The number of H-pyrrole nitrogens is 1. The highest BCUT2D eigenvalue weighted by molar-refractivity contribution is 9.11. The van der Waals surface area contributed by atoms with Crippen LogP contribution in [-0.4, -0.2) is 4.98 Å². The Morgan fingerprint density at radius 1 is 1.10 bits per heavy atom. The van der Waals surface area contributed by atoms with Crippen LogP contribution in [0.4, 0.5) is 5.69 Å². The Balaban J connectivity index is 1.87. The van der Waals surface area contributed by atoms with E-state index in [2.05, 4.69) is 42.2 Å². The second-order valence-electron chi connectivity index (χ2n) is 4.44. The molecule has 0 saturated carbocycles. The fourth-order valence-corrected chi connectivity index (χ4v) is 3.13. The average molecular weight is 415 g/mol. The van der Waals surface area contributed by atoms with Gasteiger partial charge in [0.05, 0.1) is 17.3 Å². The van der Waals surface area contributed by atoms with Gasteiger partial charge >= 0.3 is 0 Å². The summed E-state index contributed by atoms with van der Waals surface area (Å²) in [6.45, 7) is 0.641. The molecule has 0 saturated heterocycles. The van der Waals surface area contributed by atoms with Crippen LogP contribution in [0.3, 0.4) is 0 Å². The van der Waals surface area contributed by atoms with Crippen LogP contribution in [0.5, 0.6) is 0 Å². The number of aromatic nitrogens is 1. The summed E-state index contributed by atoms with van der Waals surface area (Å²) in [5.74, 6) is 0. The number of hydrogen-bond acceptors (Lipinski definition) is 1. The molecule has 2 nitrogen and oxygen atoms in total. The molecule has 0 spiro atoms. The van der Waals surface area contributed by atoms with Crippen molar-refractivity contribution in [3.8, 4) is 0 Å². The van der Waals surface area contributed by atoms with E-state index in [1.165, 1.54) is 0 Å². The molecule has 102 valence electrons. The summed E-state index contributed by atoms with van der Waals surface area (Å²) in [5.41, 5.74) is 3.07. The number of hydrogen-bond donors (Lipinski definition) is 2. The van der Waals surface area contributed by atoms with Gasteiger partial charge in [-0.05, 0) is 40.2 Å². The van der Waals surface area contributed by atoms with Crippen molar-refractivity contribution >= 4 is 60.1 Å². The largest absolute Gasteiger partial charge is 0.378 e. The van der Waals surface area contributed by atoms with Crippen LogP contribution in [0, 0.1) is 0 Å². The number of rotatable bonds is 3. The summed E-state index contributed by atoms with van der Waals surface area (Å²) < 4.78 is 2.05. The van der Waals surface area contributed by atoms with Gasteiger partial charge in [-0.1, -0.05) is 45.7 Å². The maximum Gasteiger partial charge on any atom is 0.0710 e. The molecule has 0 aliphatic carbocycles. The van der Waals surface area contributed by atoms with Gasteiger partial charge in [0, 0.05) is 25.5 Å². The van der Waals surface area contributed by atoms with Crippen LogP contribution < -0.4 is 5.32 Å². The molecular weight excluding hydrogens is 403 g/mol. The lowest BCUT2D eigenvalue weighted by Gasteiger charge is -2.08. The monoisotopic (exact) mass is 412 g/mol. The van der Waals surface area contributed by atoms with Crippen molar-refractivity contribution in [2.45, 2.75) is 6.54 Å². The van der Waals surface area contributed by atoms with Gasteiger partial charge in [0.1, 0.15) is 0 Å². The number of aromatic amines is 1. The zero-order valence-corrected chi connectivity index (χ0v) is 14.3. The van der Waals surface area contributed by atoms with Gasteiger partial charge in [0.25, 0.3) is 0 Å². The molecule has 1 heterocycles. The molecule has 1 aromatic heterocycles. The second-order valence-corrected chi connectivity index (χ2v) is 6.59. The van der Waals surface area contributed by atoms with Gasteiger partial charge in [0.15, 0.2) is 0 Å². The van der Waals surface area contributed by atoms with Crippen molar-refractivity contribution < 1.29 is 0 Å². The van der Waals surface area contributed by atoms with E-state index in [9.17, 15) is 0 Å². The topological polar surface area (TPSA) is 27.8 Å². The Hall–Kier alpha value is -0.970. The Morgan fingerprint density at radius 2 is 1.90 bits per heavy atom. The molecule has 2 N–H and O–H groups in total. The average Bonchev–Trinajstić information content (AvgIpc) is 2.77. The van der Waals surface area contributed by atoms with Gasteiger partial charge in [-0.2, -0.15) is 0 Å². The number of nitrogens with one attached hydrogen (secondary N) is 2. The lowest BCUT2D eigenvalue weighted by molar-refractivity contribution is 1.08. The van der Waals surface area contributed by atoms with Crippen molar-refractivity contribution in [2.24, 2.45) is 0 Å². The summed E-state index contributed by atoms with van der Waals surface area (Å²) in [5, 5.41) is 5.21. The van der Waals surface area contributed by atoms with E-state index in [1.54, 1.807) is 0 Å². The summed E-state index contributed by atoms with van der Waals surface area (Å²) >= 11 is 13.4. The maximum atomic E-state index is 6.40. The van der Waals surface area contributed by atoms with Crippen LogP contribution in [-0.2, 0) is 6.54 Å². The van der Waals surface area contributed by atoms with Crippen molar-refractivity contribution in [3.05, 3.63) is 62.1 Å². The first kappa shape index (κ1) is 14.0. The third kappa shape index (κ3) is 2.73. The summed E-state index contributed by atoms with van der Waals surface area (Å²) in [6, 6.07) is 14.1. The van der Waals surface area contributed by atoms with Gasteiger partial charge in [-0.15, -0.1) is 0 Å². The van der Waals surface area contributed by atoms with Crippen molar-refractivity contribution in [1.29, 1.82) is 0 Å². The van der Waals surface area contributed by atoms with Gasteiger partial charge in [0.2, 0.25) is 0 Å². The van der Waals surface area contributed by atoms with Crippen LogP contribution in [0.25, 0.3) is 10.9 Å². The number of anilines is 1. The molecule has 2 aromatic carbocycles. The quantitative estimate of drug-likeness (QED) is 0.544. The molecule has 0 radical (unpaired) electrons. The fourth-order valence-electron chi connectivity index (χ4n) is 2.10. The van der Waals surface area contributed by atoms with E-state index in [4.69, 9.17) is 11.6 Å². The van der Waals surface area contributed by atoms with Crippen LogP contribution in [0.15, 0.2) is 51.4 Å². The number of benzene rings is 2. The Bertz CT molecular complexity index is 768. The second kappa shape index (κ2) is 5.80. The van der Waals surface area contributed by atoms with Crippen LogP contribution in [0.2, 0.25) is 5.02 Å². The molecule has 0 atom stereocenters. The predicted octanol–water partition coefficient (Wildman–Crippen LogP) is 5.96. The zero-order valence-electron chi connectivity index (χ0n) is 10.4. The molecule has 5 heteroatoms. The molecule has 0 bridgehead atoms. The van der Waals surface area contributed by atoms with Crippen LogP contribution >= 0.6 is 43.5 Å². The molecule has 0 amide bonds. The predicted molar refractivity (Wildman–Crippen MR) is 92.5 cm³/mol. The Labute approximate surface area is 138 Å². The SMILES string of the molecule is Clc1c(CNc2cc(Br)ccc2Br)[nH]c2ccccc12. The minimum absolute atomic E-state index is 0.641. The molecule has 20 heavy (non-hydrogen) atoms. The van der Waals surface area contributed by atoms with Gasteiger partial charge < -0.3 is 10.3 Å². The van der Waals surface area contributed by atoms with Gasteiger partial charge in [-0.25, -0.2) is 0 Å². The molecule has 3 rings (SSSR count). The van der Waals surface area contributed by atoms with E-state index in [0.717, 1.165) is 36.3 Å². The summed E-state index contributed by atoms with van der Waals surface area (Å²) in [4.78, 5) is 3.35. The number of halogens is 3. The summed E-state index contributed by atoms with van der Waals surface area (Å²) in [6.07, 6.45) is 0. The standard InChI is InChI=1S/C15H11Br2ClN2/c16-9-5-6-11(17)13(7-9)19-8-14-15(18)10-3-1-2-4-12(10)20-14/h1-7,19-20H,8H2. The Kier molecular flexibility index (Phi) is 4.06. The minimum atomic E-state index is 0.641. The lowest BCUT2D eigenvalue weighted by Crippen LogP contribution is -2.00. The molecule has 0 unspecified atom stereocenters. The van der Waals surface area contributed by atoms with Crippen LogP contribution in [0.1, 0.15) is 5.69 Å². The molecule has 0 fully saturated rings. The lowest BCUT2D eigenvalue weighted by atomic mass is 10.2. The minimum Gasteiger partial charge on any atom is -0.378 e. The van der Waals surface area contributed by atoms with E-state index in [0.29, 0.717) is 6.54 Å². The van der Waals surface area contributed by atoms with E-state index >= 15 is 0 Å². The molecular formula is C15H11Br2ClN2. The van der Waals surface area contributed by atoms with E-state index < -0.39 is 0 Å². The maximum absolute atomic E-state index is 6.40. The zero-order chi connectivity index (χ0) is 14.1. The first-order chi connectivity index (χ1) is 9.65. The number of fused-ring (bicyclic) bond motifs is 1. The summed E-state index contributed by atoms with van der Waals surface area (Å²) in [7, 11) is 0. The third-order valence-corrected chi connectivity index (χ3v) is 4.71. The smallest absolute Gasteiger partial charge is 0.0710 e. The van der Waals surface area contributed by atoms with Crippen molar-refractivity contribution in [1.82, 2.24) is 4.98 Å². The molecule has 0 aliphatic rings. The first-order valence-electron chi connectivity index (χ1n) is 6.09. The van der Waals surface area contributed by atoms with Crippen molar-refractivity contribution in [3.63, 3.8) is 0 Å². The number of para-hydroxylation sites is 1. The highest BCUT2D eigenvalue weighted by Gasteiger charge is 2.09. The highest BCUT2D eigenvalue weighted by Crippen LogP contribution is 2.30. The Morgan fingerprint density at radius 3 is 2.70 bits per heavy atom. The highest BCUT2D eigenvalue weighted by atomic mass is 79.9. The fraction of sp³-hybridized carbons (Fsp3) is 0.0667. The molecule has 3 aromatic rings. The van der Waals surface area contributed by atoms with E-state index in [-0.39, 0.29) is 0 Å². The van der Waals surface area contributed by atoms with E-state index in [1.807, 2.05) is 42.5 Å². The van der Waals surface area contributed by atoms with Crippen molar-refractivity contribution in [2.75, 3.05) is 5.32 Å².